The van der Waals surface area contributed by atoms with Gasteiger partial charge in [-0.05, 0) is 12.1 Å². The van der Waals surface area contributed by atoms with Gasteiger partial charge in [-0.3, -0.25) is 4.79 Å². The van der Waals surface area contributed by atoms with Crippen LogP contribution >= 0.6 is 0 Å². The number of primary amides is 1. The third kappa shape index (κ3) is 1.13. The zero-order valence-electron chi connectivity index (χ0n) is 6.17. The molecule has 10 heavy (non-hydrogen) atoms. The third-order valence-corrected chi connectivity index (χ3v) is 1.14. The lowest BCUT2D eigenvalue weighted by molar-refractivity contribution is 0.0996. The second kappa shape index (κ2) is 2.47. The zero-order chi connectivity index (χ0) is 7.56. The first-order chi connectivity index (χ1) is 4.72. The number of rotatable bonds is 1. The third-order valence-electron chi connectivity index (χ3n) is 1.14. The molecule has 0 saturated heterocycles. The van der Waals surface area contributed by atoms with E-state index >= 15 is 0 Å². The minimum absolute atomic E-state index is 0. The first-order valence-electron chi connectivity index (χ1n) is 2.76. The summed E-state index contributed by atoms with van der Waals surface area (Å²) < 4.78 is 12.5. The van der Waals surface area contributed by atoms with Gasteiger partial charge in [0.25, 0.3) is 5.91 Å². The first kappa shape index (κ1) is 6.74. The van der Waals surface area contributed by atoms with E-state index in [-0.39, 0.29) is 6.99 Å². The minimum atomic E-state index is -0.738. The molecule has 0 aliphatic carbocycles. The van der Waals surface area contributed by atoms with Crippen LogP contribution < -0.4 is 5.73 Å². The van der Waals surface area contributed by atoms with Gasteiger partial charge in [-0.2, -0.15) is 0 Å². The van der Waals surface area contributed by atoms with Crippen molar-refractivity contribution >= 4 is 5.91 Å². The topological polar surface area (TPSA) is 43.1 Å². The van der Waals surface area contributed by atoms with E-state index in [0.29, 0.717) is 0 Å². The first-order valence-corrected chi connectivity index (χ1v) is 2.76. The summed E-state index contributed by atoms with van der Waals surface area (Å²) in [5, 5.41) is 0. The monoisotopic (exact) mass is 140 g/mol. The number of benzene rings is 1. The molecular weight excluding hydrogens is 133 g/mol. The van der Waals surface area contributed by atoms with Gasteiger partial charge in [0.2, 0.25) is 0 Å². The van der Waals surface area contributed by atoms with Gasteiger partial charge in [0.15, 0.2) is 0 Å². The van der Waals surface area contributed by atoms with Crippen molar-refractivity contribution in [2.75, 3.05) is 0 Å². The standard InChI is InChI=1S/C7H6FNO/c8-6-4-2-1-3-5(6)7(9)10/h1-4H,(H2,9,10)/p+1. The largest absolute Gasteiger partial charge is 1.00 e. The number of carbonyl (C=O) groups is 1. The van der Waals surface area contributed by atoms with Crippen molar-refractivity contribution in [1.82, 2.24) is 0 Å². The average molecular weight is 140 g/mol. The highest BCUT2D eigenvalue weighted by Gasteiger charge is 2.04. The number of hydrogen-bond donors (Lipinski definition) is 1. The van der Waals surface area contributed by atoms with Crippen molar-refractivity contribution in [2.24, 2.45) is 5.73 Å². The Morgan fingerprint density at radius 3 is 2.50 bits per heavy atom. The molecule has 1 amide bonds. The van der Waals surface area contributed by atoms with E-state index in [9.17, 15) is 9.18 Å². The highest BCUT2D eigenvalue weighted by Crippen LogP contribution is 2.03. The van der Waals surface area contributed by atoms with Crippen LogP contribution in [0, 0.1) is 5.82 Å². The van der Waals surface area contributed by atoms with Crippen LogP contribution in [0.1, 0.15) is 11.8 Å². The zero-order valence-corrected chi connectivity index (χ0v) is 5.17. The Morgan fingerprint density at radius 2 is 2.10 bits per heavy atom. The summed E-state index contributed by atoms with van der Waals surface area (Å²) in [5.74, 6) is -1.31. The molecular formula is C7H7FNO+. The van der Waals surface area contributed by atoms with Crippen LogP contribution in [0.2, 0.25) is 0 Å². The molecule has 1 aromatic rings. The van der Waals surface area contributed by atoms with Crippen molar-refractivity contribution in [1.29, 1.82) is 0 Å². The molecule has 0 fully saturated rings. The lowest BCUT2D eigenvalue weighted by Crippen LogP contribution is -2.12. The fourth-order valence-electron chi connectivity index (χ4n) is 0.661. The molecule has 1 rings (SSSR count). The molecule has 0 heterocycles. The fraction of sp³-hybridized carbons (Fsp3) is 0. The van der Waals surface area contributed by atoms with E-state index in [4.69, 9.17) is 5.73 Å². The van der Waals surface area contributed by atoms with Gasteiger partial charge in [-0.15, -0.1) is 0 Å². The molecule has 0 radical (unpaired) electrons. The quantitative estimate of drug-likeness (QED) is 0.622. The SMILES string of the molecule is NC(=O)c1ccccc1F.[H+]. The Hall–Kier alpha value is -1.38. The summed E-state index contributed by atoms with van der Waals surface area (Å²) >= 11 is 0. The van der Waals surface area contributed by atoms with Crippen molar-refractivity contribution in [2.45, 2.75) is 0 Å². The smallest absolute Gasteiger partial charge is 0.366 e. The minimum Gasteiger partial charge on any atom is -0.366 e. The van der Waals surface area contributed by atoms with Gasteiger partial charge in [-0.1, -0.05) is 12.1 Å². The Morgan fingerprint density at radius 1 is 1.50 bits per heavy atom. The van der Waals surface area contributed by atoms with Crippen LogP contribution in [0.3, 0.4) is 0 Å². The Labute approximate surface area is 58.9 Å². The number of carbonyl (C=O) groups excluding carboxylic acids is 1. The van der Waals surface area contributed by atoms with E-state index < -0.39 is 11.7 Å². The predicted octanol–water partition coefficient (Wildman–Crippen LogP) is 1.04. The Bertz CT molecular complexity index is 264. The molecule has 2 N–H and O–H groups in total. The highest BCUT2D eigenvalue weighted by atomic mass is 19.1. The van der Waals surface area contributed by atoms with E-state index in [0.717, 1.165) is 0 Å². The van der Waals surface area contributed by atoms with Crippen molar-refractivity contribution in [3.63, 3.8) is 0 Å². The summed E-state index contributed by atoms with van der Waals surface area (Å²) in [7, 11) is 0. The summed E-state index contributed by atoms with van der Waals surface area (Å²) in [4.78, 5) is 10.4. The summed E-state index contributed by atoms with van der Waals surface area (Å²) in [6, 6.07) is 5.60. The molecule has 0 saturated carbocycles. The Kier molecular flexibility index (Phi) is 1.67. The van der Waals surface area contributed by atoms with Gasteiger partial charge in [0.05, 0.1) is 5.56 Å². The van der Waals surface area contributed by atoms with Crippen LogP contribution in [0.4, 0.5) is 4.39 Å². The van der Waals surface area contributed by atoms with E-state index in [1.54, 1.807) is 6.07 Å². The molecule has 2 nitrogen and oxygen atoms in total. The molecule has 0 aromatic heterocycles. The van der Waals surface area contributed by atoms with Crippen LogP contribution in [-0.4, -0.2) is 5.91 Å². The van der Waals surface area contributed by atoms with Crippen molar-refractivity contribution in [3.8, 4) is 0 Å². The average Bonchev–Trinajstić information content (AvgIpc) is 1.88. The van der Waals surface area contributed by atoms with Gasteiger partial charge in [0.1, 0.15) is 5.82 Å². The molecule has 3 heteroatoms. The number of nitrogens with two attached hydrogens (primary N) is 1. The van der Waals surface area contributed by atoms with Crippen LogP contribution in [0.5, 0.6) is 0 Å². The van der Waals surface area contributed by atoms with Crippen LogP contribution in [-0.2, 0) is 0 Å². The number of halogens is 1. The fourth-order valence-corrected chi connectivity index (χ4v) is 0.661. The van der Waals surface area contributed by atoms with Gasteiger partial charge >= 0.3 is 1.43 Å². The van der Waals surface area contributed by atoms with E-state index in [1.807, 2.05) is 0 Å². The molecule has 0 bridgehead atoms. The maximum absolute atomic E-state index is 12.5. The second-order valence-corrected chi connectivity index (χ2v) is 1.84. The normalized spacial score (nSPS) is 9.30. The highest BCUT2D eigenvalue weighted by molar-refractivity contribution is 5.92. The molecule has 1 aromatic carbocycles. The summed E-state index contributed by atoms with van der Waals surface area (Å²) in [6.07, 6.45) is 0. The van der Waals surface area contributed by atoms with Crippen molar-refractivity contribution < 1.29 is 10.6 Å². The summed E-state index contributed by atoms with van der Waals surface area (Å²) in [5.41, 5.74) is 4.77. The summed E-state index contributed by atoms with van der Waals surface area (Å²) in [6.45, 7) is 0. The Balaban J connectivity index is 0.000001000. The van der Waals surface area contributed by atoms with Gasteiger partial charge in [-0.25, -0.2) is 4.39 Å². The lowest BCUT2D eigenvalue weighted by atomic mass is 10.2. The molecule has 52 valence electrons. The number of hydrogen-bond acceptors (Lipinski definition) is 1. The van der Waals surface area contributed by atoms with Gasteiger partial charge < -0.3 is 5.73 Å². The maximum Gasteiger partial charge on any atom is 1.00 e. The lowest BCUT2D eigenvalue weighted by Gasteiger charge is -1.94. The molecule has 0 spiro atoms. The molecule has 0 aliphatic heterocycles. The van der Waals surface area contributed by atoms with Crippen molar-refractivity contribution in [3.05, 3.63) is 35.6 Å². The van der Waals surface area contributed by atoms with E-state index in [2.05, 4.69) is 0 Å². The molecule has 0 atom stereocenters. The van der Waals surface area contributed by atoms with Crippen LogP contribution in [0.25, 0.3) is 0 Å². The maximum atomic E-state index is 12.5. The van der Waals surface area contributed by atoms with E-state index in [1.165, 1.54) is 18.2 Å². The molecule has 0 aliphatic rings. The molecule has 0 unspecified atom stereocenters. The number of amides is 1. The predicted molar refractivity (Wildman–Crippen MR) is 36.0 cm³/mol. The van der Waals surface area contributed by atoms with Crippen LogP contribution in [0.15, 0.2) is 24.3 Å². The van der Waals surface area contributed by atoms with Gasteiger partial charge in [0, 0.05) is 0 Å². The second-order valence-electron chi connectivity index (χ2n) is 1.84.